The van der Waals surface area contributed by atoms with Crippen molar-refractivity contribution in [3.05, 3.63) is 64.2 Å². The van der Waals surface area contributed by atoms with Crippen LogP contribution >= 0.6 is 0 Å². The molecule has 1 unspecified atom stereocenters. The zero-order valence-electron chi connectivity index (χ0n) is 16.2. The summed E-state index contributed by atoms with van der Waals surface area (Å²) in [5, 5.41) is 1.02. The van der Waals surface area contributed by atoms with E-state index in [0.717, 1.165) is 48.9 Å². The molecule has 2 fully saturated rings. The molecule has 7 nitrogen and oxygen atoms in total. The zero-order chi connectivity index (χ0) is 19.8. The van der Waals surface area contributed by atoms with E-state index in [9.17, 15) is 9.59 Å². The lowest BCUT2D eigenvalue weighted by atomic mass is 10.1. The third kappa shape index (κ3) is 3.48. The van der Waals surface area contributed by atoms with Crippen molar-refractivity contribution in [3.8, 4) is 0 Å². The molecule has 2 aliphatic heterocycles. The molecule has 3 aromatic rings. The molecule has 1 atom stereocenters. The maximum Gasteiger partial charge on any atom is 0.272 e. The highest BCUT2D eigenvalue weighted by Gasteiger charge is 2.30. The van der Waals surface area contributed by atoms with Gasteiger partial charge in [-0.25, -0.2) is 9.97 Å². The van der Waals surface area contributed by atoms with E-state index in [1.54, 1.807) is 12.1 Å². The number of pyridine rings is 1. The van der Waals surface area contributed by atoms with Crippen LogP contribution in [0.2, 0.25) is 0 Å². The molecule has 2 aromatic heterocycles. The van der Waals surface area contributed by atoms with Gasteiger partial charge in [0.2, 0.25) is 5.95 Å². The number of carbonyl (C=O) groups excluding carboxylic acids is 1. The number of anilines is 1. The molecule has 1 amide bonds. The molecular formula is C22H23N5O2. The van der Waals surface area contributed by atoms with E-state index in [-0.39, 0.29) is 17.4 Å². The van der Waals surface area contributed by atoms with E-state index < -0.39 is 0 Å². The summed E-state index contributed by atoms with van der Waals surface area (Å²) in [5.41, 5.74) is 1.93. The Kier molecular flexibility index (Phi) is 4.50. The fourth-order valence-corrected chi connectivity index (χ4v) is 4.28. The number of aromatic amines is 1. The lowest BCUT2D eigenvalue weighted by Crippen LogP contribution is -2.29. The molecule has 0 radical (unpaired) electrons. The number of nitrogens with zero attached hydrogens (tertiary/aromatic N) is 4. The number of nitrogens with one attached hydrogen (secondary N) is 1. The first-order valence-corrected chi connectivity index (χ1v) is 10.2. The van der Waals surface area contributed by atoms with Gasteiger partial charge in [-0.1, -0.05) is 24.3 Å². The number of hydrogen-bond donors (Lipinski definition) is 1. The van der Waals surface area contributed by atoms with Gasteiger partial charge in [0.25, 0.3) is 11.5 Å². The highest BCUT2D eigenvalue weighted by atomic mass is 16.2. The number of para-hydroxylation sites is 1. The van der Waals surface area contributed by atoms with Gasteiger partial charge in [0.1, 0.15) is 5.69 Å². The van der Waals surface area contributed by atoms with E-state index in [4.69, 9.17) is 4.98 Å². The van der Waals surface area contributed by atoms with Gasteiger partial charge in [0.15, 0.2) is 0 Å². The van der Waals surface area contributed by atoms with Gasteiger partial charge in [-0.3, -0.25) is 14.6 Å². The Bertz CT molecular complexity index is 1120. The lowest BCUT2D eigenvalue weighted by Gasteiger charge is -2.18. The average molecular weight is 389 g/mol. The van der Waals surface area contributed by atoms with E-state index in [1.807, 2.05) is 35.2 Å². The van der Waals surface area contributed by atoms with Crippen molar-refractivity contribution in [1.82, 2.24) is 19.9 Å². The van der Waals surface area contributed by atoms with Crippen LogP contribution in [0.15, 0.2) is 47.3 Å². The van der Waals surface area contributed by atoms with Gasteiger partial charge in [-0.05, 0) is 31.4 Å². The van der Waals surface area contributed by atoms with Crippen LogP contribution in [-0.2, 0) is 0 Å². The second-order valence-corrected chi connectivity index (χ2v) is 7.81. The SMILES string of the molecule is O=C(c1ccc2ccccc2n1)N1CCC(c2cc(=O)[nH]c(N3CCCC3)n2)C1. The van der Waals surface area contributed by atoms with Crippen molar-refractivity contribution < 1.29 is 4.79 Å². The number of carbonyl (C=O) groups is 1. The van der Waals surface area contributed by atoms with E-state index in [0.29, 0.717) is 24.7 Å². The van der Waals surface area contributed by atoms with Crippen LogP contribution in [0.3, 0.4) is 0 Å². The minimum absolute atomic E-state index is 0.0668. The summed E-state index contributed by atoms with van der Waals surface area (Å²) in [5.74, 6) is 0.664. The molecule has 2 aliphatic rings. The first kappa shape index (κ1) is 17.8. The smallest absolute Gasteiger partial charge is 0.272 e. The van der Waals surface area contributed by atoms with Crippen LogP contribution in [-0.4, -0.2) is 51.9 Å². The fourth-order valence-electron chi connectivity index (χ4n) is 4.28. The predicted molar refractivity (Wildman–Crippen MR) is 111 cm³/mol. The molecule has 5 rings (SSSR count). The van der Waals surface area contributed by atoms with Crippen LogP contribution in [0.4, 0.5) is 5.95 Å². The van der Waals surface area contributed by atoms with Crippen LogP contribution < -0.4 is 10.5 Å². The molecule has 7 heteroatoms. The van der Waals surface area contributed by atoms with Crippen LogP contribution in [0.1, 0.15) is 41.4 Å². The molecule has 1 aromatic carbocycles. The number of amides is 1. The van der Waals surface area contributed by atoms with Crippen LogP contribution in [0, 0.1) is 0 Å². The number of rotatable bonds is 3. The monoisotopic (exact) mass is 389 g/mol. The summed E-state index contributed by atoms with van der Waals surface area (Å²) < 4.78 is 0. The topological polar surface area (TPSA) is 82.2 Å². The van der Waals surface area contributed by atoms with Crippen LogP contribution in [0.25, 0.3) is 10.9 Å². The summed E-state index contributed by atoms with van der Waals surface area (Å²) in [4.78, 5) is 41.2. The van der Waals surface area contributed by atoms with Crippen molar-refractivity contribution in [1.29, 1.82) is 0 Å². The summed E-state index contributed by atoms with van der Waals surface area (Å²) in [6.45, 7) is 3.05. The third-order valence-electron chi connectivity index (χ3n) is 5.87. The molecule has 4 heterocycles. The molecule has 0 spiro atoms. The van der Waals surface area contributed by atoms with Gasteiger partial charge in [-0.15, -0.1) is 0 Å². The Labute approximate surface area is 168 Å². The Balaban J connectivity index is 1.35. The average Bonchev–Trinajstić information content (AvgIpc) is 3.45. The number of aromatic nitrogens is 3. The van der Waals surface area contributed by atoms with Gasteiger partial charge >= 0.3 is 0 Å². The first-order valence-electron chi connectivity index (χ1n) is 10.2. The normalized spacial score (nSPS) is 19.2. The predicted octanol–water partition coefficient (Wildman–Crippen LogP) is 2.55. The maximum atomic E-state index is 13.0. The summed E-state index contributed by atoms with van der Waals surface area (Å²) >= 11 is 0. The molecule has 29 heavy (non-hydrogen) atoms. The number of hydrogen-bond acceptors (Lipinski definition) is 5. The van der Waals surface area contributed by atoms with E-state index in [2.05, 4.69) is 14.9 Å². The fraction of sp³-hybridized carbons (Fsp3) is 0.364. The number of fused-ring (bicyclic) bond motifs is 1. The summed E-state index contributed by atoms with van der Waals surface area (Å²) in [6, 6.07) is 13.1. The molecular weight excluding hydrogens is 366 g/mol. The highest BCUT2D eigenvalue weighted by molar-refractivity contribution is 5.95. The Morgan fingerprint density at radius 2 is 1.86 bits per heavy atom. The van der Waals surface area contributed by atoms with Crippen molar-refractivity contribution in [3.63, 3.8) is 0 Å². The molecule has 148 valence electrons. The van der Waals surface area contributed by atoms with Gasteiger partial charge < -0.3 is 9.80 Å². The molecule has 0 saturated carbocycles. The van der Waals surface area contributed by atoms with E-state index in [1.165, 1.54) is 0 Å². The first-order chi connectivity index (χ1) is 14.2. The standard InChI is InChI=1S/C22H23N5O2/c28-20-13-19(24-22(25-20)26-10-3-4-11-26)16-9-12-27(14-16)21(29)18-8-7-15-5-1-2-6-17(15)23-18/h1-2,5-8,13,16H,3-4,9-12,14H2,(H,24,25,28). The number of likely N-dealkylation sites (tertiary alicyclic amines) is 1. The zero-order valence-corrected chi connectivity index (χ0v) is 16.2. The number of H-pyrrole nitrogens is 1. The van der Waals surface area contributed by atoms with Gasteiger partial charge in [-0.2, -0.15) is 0 Å². The molecule has 0 aliphatic carbocycles. The third-order valence-corrected chi connectivity index (χ3v) is 5.87. The molecule has 1 N–H and O–H groups in total. The molecule has 2 saturated heterocycles. The number of benzene rings is 1. The van der Waals surface area contributed by atoms with Crippen LogP contribution in [0.5, 0.6) is 0 Å². The summed E-state index contributed by atoms with van der Waals surface area (Å²) in [7, 11) is 0. The highest BCUT2D eigenvalue weighted by Crippen LogP contribution is 2.27. The van der Waals surface area contributed by atoms with Crippen molar-refractivity contribution in [2.24, 2.45) is 0 Å². The second-order valence-electron chi connectivity index (χ2n) is 7.81. The minimum atomic E-state index is -0.127. The van der Waals surface area contributed by atoms with Crippen molar-refractivity contribution in [2.45, 2.75) is 25.2 Å². The van der Waals surface area contributed by atoms with Crippen molar-refractivity contribution >= 4 is 22.8 Å². The van der Waals surface area contributed by atoms with E-state index >= 15 is 0 Å². The lowest BCUT2D eigenvalue weighted by molar-refractivity contribution is 0.0785. The Morgan fingerprint density at radius 1 is 1.03 bits per heavy atom. The quantitative estimate of drug-likeness (QED) is 0.744. The van der Waals surface area contributed by atoms with Gasteiger partial charge in [0.05, 0.1) is 11.2 Å². The largest absolute Gasteiger partial charge is 0.342 e. The Morgan fingerprint density at radius 3 is 2.72 bits per heavy atom. The van der Waals surface area contributed by atoms with Crippen molar-refractivity contribution in [2.75, 3.05) is 31.1 Å². The second kappa shape index (κ2) is 7.31. The maximum absolute atomic E-state index is 13.0. The molecule has 0 bridgehead atoms. The van der Waals surface area contributed by atoms with Gasteiger partial charge in [0, 0.05) is 43.5 Å². The Hall–Kier alpha value is -3.22. The summed E-state index contributed by atoms with van der Waals surface area (Å²) in [6.07, 6.45) is 3.05. The minimum Gasteiger partial charge on any atom is -0.342 e.